The van der Waals surface area contributed by atoms with Crippen LogP contribution in [0.1, 0.15) is 31.0 Å². The van der Waals surface area contributed by atoms with Crippen LogP contribution in [-0.2, 0) is 19.9 Å². The molecular weight excluding hydrogens is 148 g/mol. The zero-order valence-electron chi connectivity index (χ0n) is 7.88. The van der Waals surface area contributed by atoms with Gasteiger partial charge in [0.15, 0.2) is 0 Å². The maximum absolute atomic E-state index is 4.44. The van der Waals surface area contributed by atoms with Crippen molar-refractivity contribution in [3.05, 3.63) is 17.5 Å². The number of fused-ring (bicyclic) bond motifs is 1. The predicted molar refractivity (Wildman–Crippen MR) is 49.0 cm³/mol. The van der Waals surface area contributed by atoms with Crippen LogP contribution < -0.4 is 0 Å². The highest BCUT2D eigenvalue weighted by Crippen LogP contribution is 2.25. The Morgan fingerprint density at radius 2 is 2.50 bits per heavy atom. The summed E-state index contributed by atoms with van der Waals surface area (Å²) < 4.78 is 1.95. The lowest BCUT2D eigenvalue weighted by molar-refractivity contribution is 0.442. The van der Waals surface area contributed by atoms with Gasteiger partial charge in [0.2, 0.25) is 0 Å². The van der Waals surface area contributed by atoms with Gasteiger partial charge in [-0.25, -0.2) is 0 Å². The van der Waals surface area contributed by atoms with Gasteiger partial charge in [-0.15, -0.1) is 0 Å². The maximum atomic E-state index is 4.44. The van der Waals surface area contributed by atoms with E-state index in [1.165, 1.54) is 36.9 Å². The highest BCUT2D eigenvalue weighted by molar-refractivity contribution is 5.20. The van der Waals surface area contributed by atoms with Crippen LogP contribution in [-0.4, -0.2) is 9.78 Å². The quantitative estimate of drug-likeness (QED) is 0.620. The van der Waals surface area contributed by atoms with Gasteiger partial charge in [-0.05, 0) is 30.7 Å². The minimum atomic E-state index is 0.904. The first-order valence-corrected chi connectivity index (χ1v) is 4.81. The van der Waals surface area contributed by atoms with Gasteiger partial charge >= 0.3 is 0 Å². The third kappa shape index (κ3) is 1.26. The van der Waals surface area contributed by atoms with Gasteiger partial charge < -0.3 is 0 Å². The highest BCUT2D eigenvalue weighted by Gasteiger charge is 2.19. The molecule has 0 amide bonds. The molecular formula is C10H16N2. The molecule has 0 fully saturated rings. The van der Waals surface area contributed by atoms with Crippen LogP contribution in [0.5, 0.6) is 0 Å². The molecule has 0 aliphatic heterocycles. The Balaban J connectivity index is 2.22. The lowest BCUT2D eigenvalue weighted by atomic mass is 9.86. The fraction of sp³-hybridized carbons (Fsp3) is 0.700. The molecule has 1 aromatic rings. The van der Waals surface area contributed by atoms with Crippen molar-refractivity contribution in [1.29, 1.82) is 0 Å². The zero-order valence-corrected chi connectivity index (χ0v) is 7.88. The van der Waals surface area contributed by atoms with Crippen LogP contribution in [0.2, 0.25) is 0 Å². The number of hydrogen-bond acceptors (Lipinski definition) is 1. The van der Waals surface area contributed by atoms with Crippen molar-refractivity contribution in [1.82, 2.24) is 9.78 Å². The zero-order chi connectivity index (χ0) is 8.55. The summed E-state index contributed by atoms with van der Waals surface area (Å²) in [6.45, 7) is 2.28. The number of hydrogen-bond donors (Lipinski definition) is 0. The molecule has 0 saturated heterocycles. The van der Waals surface area contributed by atoms with E-state index in [9.17, 15) is 0 Å². The Kier molecular flexibility index (Phi) is 1.91. The summed E-state index contributed by atoms with van der Waals surface area (Å²) in [6, 6.07) is 0. The fourth-order valence-corrected chi connectivity index (χ4v) is 2.07. The standard InChI is InChI=1S/C10H16N2/c1-3-8-4-5-10-9(6-8)7-12(2)11-10/h7-8H,3-6H2,1-2H3. The van der Waals surface area contributed by atoms with Crippen LogP contribution in [0, 0.1) is 5.92 Å². The first kappa shape index (κ1) is 7.84. The van der Waals surface area contributed by atoms with E-state index in [1.807, 2.05) is 11.7 Å². The summed E-state index contributed by atoms with van der Waals surface area (Å²) in [5, 5.41) is 4.44. The molecule has 1 aliphatic rings. The summed E-state index contributed by atoms with van der Waals surface area (Å²) in [4.78, 5) is 0. The highest BCUT2D eigenvalue weighted by atomic mass is 15.2. The lowest BCUT2D eigenvalue weighted by Crippen LogP contribution is -2.12. The first-order chi connectivity index (χ1) is 5.79. The predicted octanol–water partition coefficient (Wildman–Crippen LogP) is 1.94. The summed E-state index contributed by atoms with van der Waals surface area (Å²) >= 11 is 0. The van der Waals surface area contributed by atoms with Crippen LogP contribution in [0.25, 0.3) is 0 Å². The molecule has 2 nitrogen and oxygen atoms in total. The molecule has 2 rings (SSSR count). The number of aryl methyl sites for hydroxylation is 2. The van der Waals surface area contributed by atoms with Crippen molar-refractivity contribution in [2.24, 2.45) is 13.0 Å². The van der Waals surface area contributed by atoms with E-state index in [-0.39, 0.29) is 0 Å². The average Bonchev–Trinajstić information content (AvgIpc) is 2.43. The van der Waals surface area contributed by atoms with Crippen molar-refractivity contribution in [3.63, 3.8) is 0 Å². The minimum absolute atomic E-state index is 0.904. The van der Waals surface area contributed by atoms with Gasteiger partial charge in [-0.2, -0.15) is 5.10 Å². The molecule has 12 heavy (non-hydrogen) atoms. The summed E-state index contributed by atoms with van der Waals surface area (Å²) in [7, 11) is 2.01. The van der Waals surface area contributed by atoms with Crippen LogP contribution in [0.3, 0.4) is 0 Å². The van der Waals surface area contributed by atoms with Crippen molar-refractivity contribution in [2.45, 2.75) is 32.6 Å². The molecule has 1 aromatic heterocycles. The smallest absolute Gasteiger partial charge is 0.0656 e. The van der Waals surface area contributed by atoms with Crippen molar-refractivity contribution in [2.75, 3.05) is 0 Å². The first-order valence-electron chi connectivity index (χ1n) is 4.81. The van der Waals surface area contributed by atoms with Crippen LogP contribution >= 0.6 is 0 Å². The third-order valence-corrected chi connectivity index (χ3v) is 2.87. The van der Waals surface area contributed by atoms with E-state index in [4.69, 9.17) is 0 Å². The monoisotopic (exact) mass is 164 g/mol. The largest absolute Gasteiger partial charge is 0.275 e. The van der Waals surface area contributed by atoms with Crippen molar-refractivity contribution < 1.29 is 0 Å². The molecule has 0 radical (unpaired) electrons. The summed E-state index contributed by atoms with van der Waals surface area (Å²) in [6.07, 6.45) is 7.26. The van der Waals surface area contributed by atoms with E-state index < -0.39 is 0 Å². The molecule has 0 saturated carbocycles. The molecule has 0 spiro atoms. The Hall–Kier alpha value is -0.790. The van der Waals surface area contributed by atoms with E-state index in [0.29, 0.717) is 0 Å². The molecule has 66 valence electrons. The van der Waals surface area contributed by atoms with Gasteiger partial charge in [0.1, 0.15) is 0 Å². The third-order valence-electron chi connectivity index (χ3n) is 2.87. The SMILES string of the molecule is CCC1CCc2nn(C)cc2C1. The van der Waals surface area contributed by atoms with Crippen LogP contribution in [0.4, 0.5) is 0 Å². The number of aromatic nitrogens is 2. The van der Waals surface area contributed by atoms with E-state index >= 15 is 0 Å². The molecule has 0 N–H and O–H groups in total. The topological polar surface area (TPSA) is 17.8 Å². The normalized spacial score (nSPS) is 22.3. The molecule has 1 atom stereocenters. The Labute approximate surface area is 73.6 Å². The maximum Gasteiger partial charge on any atom is 0.0656 e. The number of rotatable bonds is 1. The van der Waals surface area contributed by atoms with Gasteiger partial charge in [-0.1, -0.05) is 13.3 Å². The average molecular weight is 164 g/mol. The molecule has 0 aromatic carbocycles. The molecule has 1 unspecified atom stereocenters. The van der Waals surface area contributed by atoms with Crippen molar-refractivity contribution >= 4 is 0 Å². The molecule has 0 bridgehead atoms. The second-order valence-corrected chi connectivity index (χ2v) is 3.79. The molecule has 1 heterocycles. The Morgan fingerprint density at radius 1 is 1.67 bits per heavy atom. The van der Waals surface area contributed by atoms with Crippen LogP contribution in [0.15, 0.2) is 6.20 Å². The Morgan fingerprint density at radius 3 is 3.25 bits per heavy atom. The van der Waals surface area contributed by atoms with Gasteiger partial charge in [-0.3, -0.25) is 4.68 Å². The van der Waals surface area contributed by atoms with Gasteiger partial charge in [0.25, 0.3) is 0 Å². The minimum Gasteiger partial charge on any atom is -0.275 e. The summed E-state index contributed by atoms with van der Waals surface area (Å²) in [5.74, 6) is 0.904. The number of nitrogens with zero attached hydrogens (tertiary/aromatic N) is 2. The van der Waals surface area contributed by atoms with E-state index in [1.54, 1.807) is 0 Å². The second-order valence-electron chi connectivity index (χ2n) is 3.79. The molecule has 1 aliphatic carbocycles. The lowest BCUT2D eigenvalue weighted by Gasteiger charge is -2.18. The van der Waals surface area contributed by atoms with Gasteiger partial charge in [0.05, 0.1) is 5.69 Å². The fourth-order valence-electron chi connectivity index (χ4n) is 2.07. The second kappa shape index (κ2) is 2.92. The summed E-state index contributed by atoms with van der Waals surface area (Å²) in [5.41, 5.74) is 2.82. The van der Waals surface area contributed by atoms with E-state index in [2.05, 4.69) is 18.2 Å². The van der Waals surface area contributed by atoms with Gasteiger partial charge in [0, 0.05) is 13.2 Å². The van der Waals surface area contributed by atoms with E-state index in [0.717, 1.165) is 5.92 Å². The Bertz CT molecular complexity index is 275. The van der Waals surface area contributed by atoms with Crippen molar-refractivity contribution in [3.8, 4) is 0 Å². The molecule has 2 heteroatoms.